The van der Waals surface area contributed by atoms with Gasteiger partial charge in [0.25, 0.3) is 0 Å². The molecule has 0 radical (unpaired) electrons. The van der Waals surface area contributed by atoms with Crippen molar-refractivity contribution in [3.63, 3.8) is 0 Å². The minimum Gasteiger partial charge on any atom is -0.491 e. The summed E-state index contributed by atoms with van der Waals surface area (Å²) in [6.45, 7) is 5.51. The van der Waals surface area contributed by atoms with Gasteiger partial charge < -0.3 is 30.0 Å². The molecule has 0 saturated carbocycles. The van der Waals surface area contributed by atoms with Crippen LogP contribution >= 0.6 is 0 Å². The molecular weight excluding hydrogens is 476 g/mol. The molecule has 9 nitrogen and oxygen atoms in total. The first kappa shape index (κ1) is 26.4. The molecule has 0 spiro atoms. The first-order valence-electron chi connectivity index (χ1n) is 12.3. The maximum Gasteiger partial charge on any atom is 0.340 e. The number of rotatable bonds is 9. The number of likely N-dealkylation sites (tertiary alicyclic amines) is 1. The molecule has 1 fully saturated rings. The van der Waals surface area contributed by atoms with E-state index in [4.69, 9.17) is 14.9 Å². The van der Waals surface area contributed by atoms with Gasteiger partial charge in [0.15, 0.2) is 0 Å². The third-order valence-corrected chi connectivity index (χ3v) is 7.06. The Morgan fingerprint density at radius 1 is 1.16 bits per heavy atom. The minimum absolute atomic E-state index is 0.0776. The van der Waals surface area contributed by atoms with Gasteiger partial charge in [0.2, 0.25) is 5.91 Å². The topological polar surface area (TPSA) is 143 Å². The molecule has 0 bridgehead atoms. The molecule has 4 rings (SSSR count). The van der Waals surface area contributed by atoms with Crippen molar-refractivity contribution in [1.29, 1.82) is 0 Å². The molecule has 4 N–H and O–H groups in total. The highest BCUT2D eigenvalue weighted by Crippen LogP contribution is 2.26. The molecule has 1 unspecified atom stereocenters. The summed E-state index contributed by atoms with van der Waals surface area (Å²) in [4.78, 5) is 37.5. The van der Waals surface area contributed by atoms with Gasteiger partial charge in [-0.3, -0.25) is 4.79 Å². The summed E-state index contributed by atoms with van der Waals surface area (Å²) in [6.07, 6.45) is 1.00. The molecule has 1 saturated heterocycles. The molecule has 1 aromatic heterocycles. The highest BCUT2D eigenvalue weighted by molar-refractivity contribution is 5.89. The number of carbonyl (C=O) groups excluding carboxylic acids is 1. The van der Waals surface area contributed by atoms with E-state index in [1.807, 2.05) is 13.0 Å². The van der Waals surface area contributed by atoms with E-state index >= 15 is 0 Å². The lowest BCUT2D eigenvalue weighted by atomic mass is 9.96. The zero-order valence-corrected chi connectivity index (χ0v) is 21.0. The number of benzene rings is 2. The molecule has 196 valence electrons. The lowest BCUT2D eigenvalue weighted by Gasteiger charge is -2.31. The van der Waals surface area contributed by atoms with Crippen LogP contribution in [-0.4, -0.2) is 59.3 Å². The molecule has 1 aliphatic heterocycles. The van der Waals surface area contributed by atoms with Crippen LogP contribution in [0.25, 0.3) is 11.0 Å². The number of aliphatic hydroxyl groups is 1. The largest absolute Gasteiger partial charge is 0.491 e. The lowest BCUT2D eigenvalue weighted by molar-refractivity contribution is -0.123. The van der Waals surface area contributed by atoms with Gasteiger partial charge in [0, 0.05) is 35.9 Å². The maximum atomic E-state index is 12.8. The number of carboxylic acids is 1. The number of ether oxygens (including phenoxy) is 1. The number of hydrogen-bond acceptors (Lipinski definition) is 7. The number of fused-ring (bicyclic) bond motifs is 1. The van der Waals surface area contributed by atoms with Gasteiger partial charge >= 0.3 is 11.6 Å². The van der Waals surface area contributed by atoms with Gasteiger partial charge in [-0.15, -0.1) is 0 Å². The zero-order valence-electron chi connectivity index (χ0n) is 21.0. The van der Waals surface area contributed by atoms with Crippen LogP contribution in [0, 0.1) is 19.8 Å². The SMILES string of the molecule is Cc1cc(Cc2c(C)c3ccc(OCC(O)CN4CCC(C(N)=O)CC4)cc3oc2=O)ccc1C(=O)O. The second-order valence-electron chi connectivity index (χ2n) is 9.72. The van der Waals surface area contributed by atoms with Crippen LogP contribution < -0.4 is 16.1 Å². The highest BCUT2D eigenvalue weighted by Gasteiger charge is 2.24. The number of nitrogens with zero attached hydrogens (tertiary/aromatic N) is 1. The quantitative estimate of drug-likeness (QED) is 0.374. The summed E-state index contributed by atoms with van der Waals surface area (Å²) in [5.74, 6) is -0.865. The number of β-amino-alcohol motifs (C(OH)–C–C–N with tert-alkyl or cyclic N) is 1. The van der Waals surface area contributed by atoms with Crippen LogP contribution in [0.1, 0.15) is 45.5 Å². The normalized spacial score (nSPS) is 15.5. The molecule has 1 atom stereocenters. The summed E-state index contributed by atoms with van der Waals surface area (Å²) in [6, 6.07) is 10.3. The van der Waals surface area contributed by atoms with Crippen molar-refractivity contribution >= 4 is 22.8 Å². The summed E-state index contributed by atoms with van der Waals surface area (Å²) in [5, 5.41) is 20.4. The Hall–Kier alpha value is -3.69. The fraction of sp³-hybridized carbons (Fsp3) is 0.393. The Bertz CT molecular complexity index is 1370. The summed E-state index contributed by atoms with van der Waals surface area (Å²) < 4.78 is 11.4. The second-order valence-corrected chi connectivity index (χ2v) is 9.72. The molecule has 2 aromatic carbocycles. The number of amides is 1. The number of aromatic carboxylic acids is 1. The van der Waals surface area contributed by atoms with Crippen LogP contribution in [-0.2, 0) is 11.2 Å². The number of aryl methyl sites for hydroxylation is 2. The third kappa shape index (κ3) is 6.18. The average molecular weight is 509 g/mol. The van der Waals surface area contributed by atoms with Crippen LogP contribution in [0.15, 0.2) is 45.6 Å². The molecule has 0 aliphatic carbocycles. The van der Waals surface area contributed by atoms with Crippen LogP contribution in [0.3, 0.4) is 0 Å². The Labute approximate surface area is 214 Å². The number of primary amides is 1. The van der Waals surface area contributed by atoms with Gasteiger partial charge in [0.05, 0.1) is 5.56 Å². The smallest absolute Gasteiger partial charge is 0.340 e. The van der Waals surface area contributed by atoms with E-state index in [1.165, 1.54) is 0 Å². The minimum atomic E-state index is -0.985. The van der Waals surface area contributed by atoms with E-state index in [9.17, 15) is 24.6 Å². The second kappa shape index (κ2) is 11.1. The van der Waals surface area contributed by atoms with Crippen LogP contribution in [0.2, 0.25) is 0 Å². The molecule has 37 heavy (non-hydrogen) atoms. The van der Waals surface area contributed by atoms with Crippen molar-refractivity contribution in [1.82, 2.24) is 4.90 Å². The summed E-state index contributed by atoms with van der Waals surface area (Å²) >= 11 is 0. The predicted molar refractivity (Wildman–Crippen MR) is 138 cm³/mol. The maximum absolute atomic E-state index is 12.8. The van der Waals surface area contributed by atoms with Crippen molar-refractivity contribution in [3.05, 3.63) is 74.6 Å². The molecule has 9 heteroatoms. The van der Waals surface area contributed by atoms with E-state index in [2.05, 4.69) is 4.90 Å². The number of carbonyl (C=O) groups is 2. The van der Waals surface area contributed by atoms with Crippen molar-refractivity contribution in [2.45, 2.75) is 39.2 Å². The Morgan fingerprint density at radius 3 is 2.54 bits per heavy atom. The fourth-order valence-corrected chi connectivity index (χ4v) is 4.89. The van der Waals surface area contributed by atoms with E-state index in [0.717, 1.165) is 16.5 Å². The first-order valence-corrected chi connectivity index (χ1v) is 12.3. The zero-order chi connectivity index (χ0) is 26.7. The van der Waals surface area contributed by atoms with Gasteiger partial charge in [-0.1, -0.05) is 12.1 Å². The fourth-order valence-electron chi connectivity index (χ4n) is 4.89. The van der Waals surface area contributed by atoms with Crippen molar-refractivity contribution in [2.75, 3.05) is 26.2 Å². The average Bonchev–Trinajstić information content (AvgIpc) is 2.85. The summed E-state index contributed by atoms with van der Waals surface area (Å²) in [5.41, 5.74) is 8.30. The van der Waals surface area contributed by atoms with Crippen LogP contribution in [0.5, 0.6) is 5.75 Å². The summed E-state index contributed by atoms with van der Waals surface area (Å²) in [7, 11) is 0. The van der Waals surface area contributed by atoms with Gasteiger partial charge in [-0.25, -0.2) is 9.59 Å². The van der Waals surface area contributed by atoms with Gasteiger partial charge in [0.1, 0.15) is 24.0 Å². The van der Waals surface area contributed by atoms with Crippen LogP contribution in [0.4, 0.5) is 0 Å². The van der Waals surface area contributed by atoms with Crippen molar-refractivity contribution < 1.29 is 29.0 Å². The molecular formula is C28H32N2O7. The number of nitrogens with two attached hydrogens (primary N) is 1. The van der Waals surface area contributed by atoms with E-state index in [0.29, 0.717) is 61.4 Å². The molecule has 1 aliphatic rings. The predicted octanol–water partition coefficient (Wildman–Crippen LogP) is 2.64. The Morgan fingerprint density at radius 2 is 1.89 bits per heavy atom. The Balaban J connectivity index is 1.41. The highest BCUT2D eigenvalue weighted by atomic mass is 16.5. The lowest BCUT2D eigenvalue weighted by Crippen LogP contribution is -2.43. The van der Waals surface area contributed by atoms with Gasteiger partial charge in [-0.05, 0) is 74.7 Å². The molecule has 2 heterocycles. The van der Waals surface area contributed by atoms with Gasteiger partial charge in [-0.2, -0.15) is 0 Å². The standard InChI is InChI=1S/C28H32N2O7/c1-16-11-18(3-5-22(16)27(33)34)12-24-17(2)23-6-4-21(13-25(23)37-28(24)35)36-15-20(31)14-30-9-7-19(8-10-30)26(29)32/h3-6,11,13,19-20,31H,7-10,12,14-15H2,1-2H3,(H2,29,32)(H,33,34). The van der Waals surface area contributed by atoms with Crippen molar-refractivity contribution in [3.8, 4) is 5.75 Å². The van der Waals surface area contributed by atoms with E-state index < -0.39 is 17.7 Å². The van der Waals surface area contributed by atoms with E-state index in [1.54, 1.807) is 37.3 Å². The number of hydrogen-bond donors (Lipinski definition) is 3. The first-order chi connectivity index (χ1) is 17.6. The molecule has 1 amide bonds. The number of carboxylic acid groups (broad SMARTS) is 1. The number of piperidine rings is 1. The third-order valence-electron chi connectivity index (χ3n) is 7.06. The monoisotopic (exact) mass is 508 g/mol. The van der Waals surface area contributed by atoms with E-state index in [-0.39, 0.29) is 24.0 Å². The molecule has 3 aromatic rings. The van der Waals surface area contributed by atoms with Crippen molar-refractivity contribution in [2.24, 2.45) is 11.7 Å². The number of aliphatic hydroxyl groups excluding tert-OH is 1. The Kier molecular flexibility index (Phi) is 7.94.